The minimum Gasteiger partial charge on any atom is -0.496 e. The zero-order chi connectivity index (χ0) is 14.4. The molecule has 0 aliphatic carbocycles. The summed E-state index contributed by atoms with van der Waals surface area (Å²) in [7, 11) is 2.97. The third kappa shape index (κ3) is 4.22. The second kappa shape index (κ2) is 7.11. The highest BCUT2D eigenvalue weighted by atomic mass is 16.6. The summed E-state index contributed by atoms with van der Waals surface area (Å²) < 4.78 is 15.0. The van der Waals surface area contributed by atoms with E-state index in [2.05, 4.69) is 4.74 Å². The number of methoxy groups -OCH3 is 2. The van der Waals surface area contributed by atoms with Gasteiger partial charge in [-0.05, 0) is 30.5 Å². The third-order valence-corrected chi connectivity index (χ3v) is 2.86. The zero-order valence-corrected chi connectivity index (χ0v) is 11.9. The Morgan fingerprint density at radius 3 is 2.32 bits per heavy atom. The van der Waals surface area contributed by atoms with Crippen LogP contribution in [0.15, 0.2) is 12.1 Å². The van der Waals surface area contributed by atoms with Crippen LogP contribution >= 0.6 is 0 Å². The van der Waals surface area contributed by atoms with Crippen LogP contribution < -0.4 is 10.5 Å². The summed E-state index contributed by atoms with van der Waals surface area (Å²) in [6.07, 6.45) is 0. The van der Waals surface area contributed by atoms with E-state index in [9.17, 15) is 4.79 Å². The number of carbonyl (C=O) groups excluding carboxylic acids is 1. The fourth-order valence-corrected chi connectivity index (χ4v) is 1.94. The summed E-state index contributed by atoms with van der Waals surface area (Å²) >= 11 is 0. The molecule has 1 aromatic carbocycles. The number of ether oxygens (including phenoxy) is 3. The van der Waals surface area contributed by atoms with Crippen molar-refractivity contribution in [2.75, 3.05) is 27.4 Å². The lowest BCUT2D eigenvalue weighted by Gasteiger charge is -2.16. The second-order valence-corrected chi connectivity index (χ2v) is 4.39. The van der Waals surface area contributed by atoms with Crippen molar-refractivity contribution in [2.45, 2.75) is 19.9 Å². The number of rotatable bonds is 6. The van der Waals surface area contributed by atoms with Gasteiger partial charge in [-0.15, -0.1) is 0 Å². The minimum absolute atomic E-state index is 0.0850. The fourth-order valence-electron chi connectivity index (χ4n) is 1.94. The van der Waals surface area contributed by atoms with Gasteiger partial charge in [-0.25, -0.2) is 4.79 Å². The van der Waals surface area contributed by atoms with Crippen LogP contribution in [0.5, 0.6) is 5.75 Å². The molecule has 0 saturated carbocycles. The molecule has 106 valence electrons. The standard InChI is InChI=1S/C14H21NO4/c1-9-5-11(6-10(2)14(9)18-4)12(15)7-19-8-13(16)17-3/h5-6,12H,7-8,15H2,1-4H3. The summed E-state index contributed by atoms with van der Waals surface area (Å²) in [5.74, 6) is 0.459. The van der Waals surface area contributed by atoms with Gasteiger partial charge < -0.3 is 19.9 Å². The molecule has 0 heterocycles. The molecule has 0 saturated heterocycles. The molecular weight excluding hydrogens is 246 g/mol. The average molecular weight is 267 g/mol. The average Bonchev–Trinajstić information content (AvgIpc) is 2.37. The van der Waals surface area contributed by atoms with Gasteiger partial charge in [0.05, 0.1) is 26.9 Å². The minimum atomic E-state index is -0.408. The molecule has 0 bridgehead atoms. The number of carbonyl (C=O) groups is 1. The quantitative estimate of drug-likeness (QED) is 0.791. The van der Waals surface area contributed by atoms with E-state index in [0.717, 1.165) is 22.4 Å². The first-order valence-corrected chi connectivity index (χ1v) is 6.04. The fraction of sp³-hybridized carbons (Fsp3) is 0.500. The van der Waals surface area contributed by atoms with E-state index in [1.165, 1.54) is 7.11 Å². The topological polar surface area (TPSA) is 70.8 Å². The van der Waals surface area contributed by atoms with E-state index < -0.39 is 5.97 Å². The number of aryl methyl sites for hydroxylation is 2. The molecule has 0 spiro atoms. The molecule has 1 atom stereocenters. The second-order valence-electron chi connectivity index (χ2n) is 4.39. The molecule has 2 N–H and O–H groups in total. The maximum Gasteiger partial charge on any atom is 0.331 e. The Labute approximate surface area is 113 Å². The highest BCUT2D eigenvalue weighted by molar-refractivity contribution is 5.70. The maximum absolute atomic E-state index is 10.9. The lowest BCUT2D eigenvalue weighted by Crippen LogP contribution is -2.20. The summed E-state index contributed by atoms with van der Waals surface area (Å²) in [6.45, 7) is 4.12. The summed E-state index contributed by atoms with van der Waals surface area (Å²) in [6, 6.07) is 3.66. The van der Waals surface area contributed by atoms with E-state index in [-0.39, 0.29) is 19.3 Å². The first-order chi connectivity index (χ1) is 8.99. The van der Waals surface area contributed by atoms with Crippen molar-refractivity contribution in [1.82, 2.24) is 0 Å². The van der Waals surface area contributed by atoms with Gasteiger partial charge in [0.2, 0.25) is 0 Å². The first-order valence-electron chi connectivity index (χ1n) is 6.04. The zero-order valence-electron chi connectivity index (χ0n) is 11.9. The van der Waals surface area contributed by atoms with Crippen LogP contribution in [-0.4, -0.2) is 33.4 Å². The van der Waals surface area contributed by atoms with E-state index >= 15 is 0 Å². The number of benzene rings is 1. The molecule has 0 aliphatic rings. The summed E-state index contributed by atoms with van der Waals surface area (Å²) in [4.78, 5) is 10.9. The number of hydrogen-bond acceptors (Lipinski definition) is 5. The van der Waals surface area contributed by atoms with Crippen molar-refractivity contribution in [1.29, 1.82) is 0 Å². The predicted octanol–water partition coefficient (Wildman–Crippen LogP) is 1.50. The van der Waals surface area contributed by atoms with Gasteiger partial charge >= 0.3 is 5.97 Å². The normalized spacial score (nSPS) is 12.1. The van der Waals surface area contributed by atoms with E-state index in [1.54, 1.807) is 7.11 Å². The summed E-state index contributed by atoms with van der Waals surface area (Å²) in [5, 5.41) is 0. The molecule has 0 aliphatic heterocycles. The molecule has 1 unspecified atom stereocenters. The molecular formula is C14H21NO4. The van der Waals surface area contributed by atoms with Gasteiger partial charge in [-0.1, -0.05) is 12.1 Å². The van der Waals surface area contributed by atoms with Crippen LogP contribution in [-0.2, 0) is 14.3 Å². The molecule has 0 radical (unpaired) electrons. The van der Waals surface area contributed by atoms with Crippen molar-refractivity contribution >= 4 is 5.97 Å². The van der Waals surface area contributed by atoms with Crippen molar-refractivity contribution in [3.05, 3.63) is 28.8 Å². The first kappa shape index (κ1) is 15.5. The van der Waals surface area contributed by atoms with E-state index in [4.69, 9.17) is 15.2 Å². The Morgan fingerprint density at radius 1 is 1.26 bits per heavy atom. The number of esters is 1. The van der Waals surface area contributed by atoms with Gasteiger partial charge in [0, 0.05) is 0 Å². The smallest absolute Gasteiger partial charge is 0.331 e. The lowest BCUT2D eigenvalue weighted by molar-refractivity contribution is -0.146. The lowest BCUT2D eigenvalue weighted by atomic mass is 10.0. The molecule has 1 aromatic rings. The van der Waals surface area contributed by atoms with Crippen LogP contribution in [0.1, 0.15) is 22.7 Å². The van der Waals surface area contributed by atoms with Gasteiger partial charge in [0.25, 0.3) is 0 Å². The van der Waals surface area contributed by atoms with E-state index in [1.807, 2.05) is 26.0 Å². The Hall–Kier alpha value is -1.59. The monoisotopic (exact) mass is 267 g/mol. The molecule has 19 heavy (non-hydrogen) atoms. The van der Waals surface area contributed by atoms with Gasteiger partial charge in [-0.3, -0.25) is 0 Å². The van der Waals surface area contributed by atoms with Crippen molar-refractivity contribution in [3.8, 4) is 5.75 Å². The molecule has 1 rings (SSSR count). The van der Waals surface area contributed by atoms with Crippen LogP contribution in [0.25, 0.3) is 0 Å². The molecule has 0 fully saturated rings. The van der Waals surface area contributed by atoms with Crippen LogP contribution in [0.3, 0.4) is 0 Å². The summed E-state index contributed by atoms with van der Waals surface area (Å²) in [5.41, 5.74) is 9.05. The van der Waals surface area contributed by atoms with Crippen molar-refractivity contribution in [2.24, 2.45) is 5.73 Å². The van der Waals surface area contributed by atoms with Crippen LogP contribution in [0.4, 0.5) is 0 Å². The van der Waals surface area contributed by atoms with Crippen LogP contribution in [0, 0.1) is 13.8 Å². The Bertz CT molecular complexity index is 422. The van der Waals surface area contributed by atoms with Crippen LogP contribution in [0.2, 0.25) is 0 Å². The number of nitrogens with two attached hydrogens (primary N) is 1. The maximum atomic E-state index is 10.9. The molecule has 0 amide bonds. The van der Waals surface area contributed by atoms with Crippen molar-refractivity contribution < 1.29 is 19.0 Å². The molecule has 0 aromatic heterocycles. The Morgan fingerprint density at radius 2 is 1.84 bits per heavy atom. The number of hydrogen-bond donors (Lipinski definition) is 1. The van der Waals surface area contributed by atoms with Crippen molar-refractivity contribution in [3.63, 3.8) is 0 Å². The SMILES string of the molecule is COC(=O)COCC(N)c1cc(C)c(OC)c(C)c1. The highest BCUT2D eigenvalue weighted by Gasteiger charge is 2.12. The predicted molar refractivity (Wildman–Crippen MR) is 72.2 cm³/mol. The van der Waals surface area contributed by atoms with Gasteiger partial charge in [0.1, 0.15) is 12.4 Å². The van der Waals surface area contributed by atoms with E-state index in [0.29, 0.717) is 0 Å². The highest BCUT2D eigenvalue weighted by Crippen LogP contribution is 2.26. The molecule has 5 heteroatoms. The molecule has 5 nitrogen and oxygen atoms in total. The van der Waals surface area contributed by atoms with Gasteiger partial charge in [0.15, 0.2) is 0 Å². The third-order valence-electron chi connectivity index (χ3n) is 2.86. The van der Waals surface area contributed by atoms with Gasteiger partial charge in [-0.2, -0.15) is 0 Å². The Balaban J connectivity index is 2.67. The largest absolute Gasteiger partial charge is 0.496 e. The Kier molecular flexibility index (Phi) is 5.79.